The molecule has 7 nitrogen and oxygen atoms in total. The zero-order valence-electron chi connectivity index (χ0n) is 15.2. The molecule has 1 aromatic heterocycles. The smallest absolute Gasteiger partial charge is 0.277 e. The Hall–Kier alpha value is -1.87. The van der Waals surface area contributed by atoms with E-state index in [4.69, 9.17) is 4.42 Å². The molecule has 9 heteroatoms. The molecule has 1 amide bonds. The second-order valence-electron chi connectivity index (χ2n) is 6.53. The van der Waals surface area contributed by atoms with Gasteiger partial charge in [0.15, 0.2) is 9.84 Å². The van der Waals surface area contributed by atoms with E-state index in [1.54, 1.807) is 4.90 Å². The third-order valence-corrected chi connectivity index (χ3v) is 7.02. The number of amides is 1. The van der Waals surface area contributed by atoms with Crippen molar-refractivity contribution in [2.45, 2.75) is 37.5 Å². The molecule has 0 N–H and O–H groups in total. The van der Waals surface area contributed by atoms with Crippen molar-refractivity contribution >= 4 is 27.5 Å². The Morgan fingerprint density at radius 1 is 1.30 bits per heavy atom. The SMILES string of the molecule is CCCCN(C(=O)CSc1nnc(-c2ccccc2)o1)[C@@H]1CCS(=O)(=O)C1. The van der Waals surface area contributed by atoms with Gasteiger partial charge in [0.2, 0.25) is 11.8 Å². The minimum absolute atomic E-state index is 0.0613. The van der Waals surface area contributed by atoms with E-state index in [1.807, 2.05) is 37.3 Å². The molecule has 27 heavy (non-hydrogen) atoms. The highest BCUT2D eigenvalue weighted by Crippen LogP contribution is 2.24. The number of benzene rings is 1. The number of hydrogen-bond donors (Lipinski definition) is 0. The van der Waals surface area contributed by atoms with Crippen molar-refractivity contribution in [1.82, 2.24) is 15.1 Å². The first-order valence-electron chi connectivity index (χ1n) is 9.00. The second-order valence-corrected chi connectivity index (χ2v) is 9.68. The fourth-order valence-electron chi connectivity index (χ4n) is 3.03. The lowest BCUT2D eigenvalue weighted by Gasteiger charge is -2.28. The maximum absolute atomic E-state index is 12.7. The summed E-state index contributed by atoms with van der Waals surface area (Å²) in [4.78, 5) is 14.4. The normalized spacial score (nSPS) is 18.5. The van der Waals surface area contributed by atoms with Crippen molar-refractivity contribution in [2.75, 3.05) is 23.8 Å². The molecule has 0 saturated carbocycles. The largest absolute Gasteiger partial charge is 0.411 e. The average molecular weight is 410 g/mol. The van der Waals surface area contributed by atoms with E-state index in [-0.39, 0.29) is 29.2 Å². The topological polar surface area (TPSA) is 93.4 Å². The Morgan fingerprint density at radius 3 is 2.74 bits per heavy atom. The predicted molar refractivity (Wildman–Crippen MR) is 104 cm³/mol. The molecule has 1 fully saturated rings. The van der Waals surface area contributed by atoms with E-state index in [9.17, 15) is 13.2 Å². The first kappa shape index (κ1) is 19.9. The van der Waals surface area contributed by atoms with Crippen molar-refractivity contribution in [1.29, 1.82) is 0 Å². The van der Waals surface area contributed by atoms with Gasteiger partial charge in [-0.05, 0) is 25.0 Å². The van der Waals surface area contributed by atoms with Gasteiger partial charge in [0.1, 0.15) is 0 Å². The van der Waals surface area contributed by atoms with E-state index < -0.39 is 9.84 Å². The number of hydrogen-bond acceptors (Lipinski definition) is 7. The summed E-state index contributed by atoms with van der Waals surface area (Å²) in [6, 6.07) is 9.20. The predicted octanol–water partition coefficient (Wildman–Crippen LogP) is 2.64. The monoisotopic (exact) mass is 409 g/mol. The number of rotatable bonds is 8. The lowest BCUT2D eigenvalue weighted by atomic mass is 10.2. The van der Waals surface area contributed by atoms with Crippen LogP contribution in [0.25, 0.3) is 11.5 Å². The molecule has 0 spiro atoms. The molecule has 1 aromatic carbocycles. The van der Waals surface area contributed by atoms with E-state index >= 15 is 0 Å². The van der Waals surface area contributed by atoms with Gasteiger partial charge in [-0.15, -0.1) is 10.2 Å². The Labute approximate surface area is 163 Å². The number of aromatic nitrogens is 2. The zero-order chi connectivity index (χ0) is 19.3. The second kappa shape index (κ2) is 8.88. The lowest BCUT2D eigenvalue weighted by Crippen LogP contribution is -2.42. The third kappa shape index (κ3) is 5.32. The van der Waals surface area contributed by atoms with E-state index in [1.165, 1.54) is 11.8 Å². The number of unbranched alkanes of at least 4 members (excludes halogenated alkanes) is 1. The molecule has 2 heterocycles. The van der Waals surface area contributed by atoms with Crippen molar-refractivity contribution < 1.29 is 17.6 Å². The summed E-state index contributed by atoms with van der Waals surface area (Å²) in [6.07, 6.45) is 2.31. The van der Waals surface area contributed by atoms with Crippen LogP contribution in [0.3, 0.4) is 0 Å². The van der Waals surface area contributed by atoms with Crippen molar-refractivity contribution in [3.8, 4) is 11.5 Å². The number of sulfone groups is 1. The van der Waals surface area contributed by atoms with Gasteiger partial charge in [-0.3, -0.25) is 4.79 Å². The molecule has 3 rings (SSSR count). The molecule has 0 unspecified atom stereocenters. The van der Waals surface area contributed by atoms with Crippen LogP contribution in [0, 0.1) is 0 Å². The molecule has 1 aliphatic rings. The highest BCUT2D eigenvalue weighted by Gasteiger charge is 2.34. The van der Waals surface area contributed by atoms with Crippen LogP contribution in [0.1, 0.15) is 26.2 Å². The van der Waals surface area contributed by atoms with Gasteiger partial charge in [0, 0.05) is 18.2 Å². The number of nitrogens with zero attached hydrogens (tertiary/aromatic N) is 3. The molecular formula is C18H23N3O4S2. The number of thioether (sulfide) groups is 1. The standard InChI is InChI=1S/C18H23N3O4S2/c1-2-3-10-21(15-9-11-27(23,24)13-15)16(22)12-26-18-20-19-17(25-18)14-7-5-4-6-8-14/h4-8,15H,2-3,9-13H2,1H3/t15-/m1/s1. The number of carbonyl (C=O) groups is 1. The molecule has 2 aromatic rings. The minimum atomic E-state index is -3.04. The summed E-state index contributed by atoms with van der Waals surface area (Å²) in [6.45, 7) is 2.63. The van der Waals surface area contributed by atoms with Crippen LogP contribution >= 0.6 is 11.8 Å². The summed E-state index contributed by atoms with van der Waals surface area (Å²) in [5, 5.41) is 8.33. The Balaban J connectivity index is 1.61. The summed E-state index contributed by atoms with van der Waals surface area (Å²) in [5.74, 6) is 0.693. The maximum Gasteiger partial charge on any atom is 0.277 e. The quantitative estimate of drug-likeness (QED) is 0.619. The summed E-state index contributed by atoms with van der Waals surface area (Å²) in [7, 11) is -3.04. The first-order chi connectivity index (χ1) is 13.0. The Bertz CT molecular complexity index is 868. The number of carbonyl (C=O) groups excluding carboxylic acids is 1. The van der Waals surface area contributed by atoms with E-state index in [0.717, 1.165) is 18.4 Å². The van der Waals surface area contributed by atoms with Gasteiger partial charge in [0.05, 0.1) is 17.3 Å². The summed E-state index contributed by atoms with van der Waals surface area (Å²) in [5.41, 5.74) is 0.823. The molecule has 0 aliphatic carbocycles. The average Bonchev–Trinajstić information content (AvgIpc) is 3.27. The van der Waals surface area contributed by atoms with Crippen LogP contribution < -0.4 is 0 Å². The molecular weight excluding hydrogens is 386 g/mol. The van der Waals surface area contributed by atoms with E-state index in [2.05, 4.69) is 10.2 Å². The minimum Gasteiger partial charge on any atom is -0.411 e. The lowest BCUT2D eigenvalue weighted by molar-refractivity contribution is -0.130. The van der Waals surface area contributed by atoms with Gasteiger partial charge >= 0.3 is 0 Å². The van der Waals surface area contributed by atoms with Gasteiger partial charge in [-0.2, -0.15) is 0 Å². The molecule has 0 bridgehead atoms. The van der Waals surface area contributed by atoms with Crippen molar-refractivity contribution in [2.24, 2.45) is 0 Å². The zero-order valence-corrected chi connectivity index (χ0v) is 16.8. The van der Waals surface area contributed by atoms with Gasteiger partial charge in [-0.25, -0.2) is 8.42 Å². The van der Waals surface area contributed by atoms with Gasteiger partial charge < -0.3 is 9.32 Å². The molecule has 1 atom stereocenters. The van der Waals surface area contributed by atoms with Crippen molar-refractivity contribution in [3.63, 3.8) is 0 Å². The molecule has 1 aliphatic heterocycles. The Kier molecular flexibility index (Phi) is 6.54. The van der Waals surface area contributed by atoms with Crippen LogP contribution in [0.2, 0.25) is 0 Å². The van der Waals surface area contributed by atoms with Crippen LogP contribution in [-0.4, -0.2) is 59.3 Å². The molecule has 1 saturated heterocycles. The highest BCUT2D eigenvalue weighted by molar-refractivity contribution is 7.99. The molecule has 0 radical (unpaired) electrons. The van der Waals surface area contributed by atoms with Crippen LogP contribution in [-0.2, 0) is 14.6 Å². The van der Waals surface area contributed by atoms with Crippen LogP contribution in [0.5, 0.6) is 0 Å². The fourth-order valence-corrected chi connectivity index (χ4v) is 5.41. The summed E-state index contributed by atoms with van der Waals surface area (Å²) >= 11 is 1.18. The van der Waals surface area contributed by atoms with Crippen molar-refractivity contribution in [3.05, 3.63) is 30.3 Å². The van der Waals surface area contributed by atoms with Crippen LogP contribution in [0.15, 0.2) is 40.0 Å². The maximum atomic E-state index is 12.7. The third-order valence-electron chi connectivity index (χ3n) is 4.47. The fraction of sp³-hybridized carbons (Fsp3) is 0.500. The van der Waals surface area contributed by atoms with Gasteiger partial charge in [-0.1, -0.05) is 43.3 Å². The molecule has 146 valence electrons. The first-order valence-corrected chi connectivity index (χ1v) is 11.8. The highest BCUT2D eigenvalue weighted by atomic mass is 32.2. The Morgan fingerprint density at radius 2 is 2.07 bits per heavy atom. The van der Waals surface area contributed by atoms with Gasteiger partial charge in [0.25, 0.3) is 5.22 Å². The van der Waals surface area contributed by atoms with Crippen LogP contribution in [0.4, 0.5) is 0 Å². The summed E-state index contributed by atoms with van der Waals surface area (Å²) < 4.78 is 29.2. The van der Waals surface area contributed by atoms with E-state index in [0.29, 0.717) is 24.1 Å².